The first-order valence-corrected chi connectivity index (χ1v) is 11.0. The Morgan fingerprint density at radius 1 is 1.20 bits per heavy atom. The molecular formula is C23H22F3N7O2. The summed E-state index contributed by atoms with van der Waals surface area (Å²) in [6.07, 6.45) is -0.544. The maximum absolute atomic E-state index is 13.1. The lowest BCUT2D eigenvalue weighted by atomic mass is 10.0. The largest absolute Gasteiger partial charge is 0.481 e. The number of benzene rings is 1. The second-order valence-corrected chi connectivity index (χ2v) is 8.66. The van der Waals surface area contributed by atoms with Crippen molar-refractivity contribution in [1.29, 1.82) is 0 Å². The van der Waals surface area contributed by atoms with E-state index in [1.54, 1.807) is 29.4 Å². The van der Waals surface area contributed by atoms with E-state index in [9.17, 15) is 23.1 Å². The van der Waals surface area contributed by atoms with Crippen molar-refractivity contribution in [3.8, 4) is 22.5 Å². The molecule has 1 fully saturated rings. The average molecular weight is 485 g/mol. The highest BCUT2D eigenvalue weighted by atomic mass is 19.4. The number of anilines is 1. The van der Waals surface area contributed by atoms with Crippen LogP contribution in [-0.4, -0.2) is 53.5 Å². The molecule has 5 rings (SSSR count). The zero-order chi connectivity index (χ0) is 24.9. The minimum absolute atomic E-state index is 0.0103. The standard InChI is InChI=1S/C23H22F3N7O2/c1-13-30-19(17-10-28-31(2)20(17)15-3-5-16(6-4-15)23(24,25)26)21-22(27-12-29-33(13)21)32-8-7-14(11-32)9-18(34)35/h3-6,10,12,14H,7-9,11H2,1-2H3,(H,34,35)/t14-/m1/s1. The maximum atomic E-state index is 13.1. The van der Waals surface area contributed by atoms with Crippen molar-refractivity contribution in [3.05, 3.63) is 48.2 Å². The van der Waals surface area contributed by atoms with Gasteiger partial charge in [0, 0.05) is 37.7 Å². The predicted molar refractivity (Wildman–Crippen MR) is 121 cm³/mol. The number of fused-ring (bicyclic) bond motifs is 1. The first kappa shape index (κ1) is 22.8. The van der Waals surface area contributed by atoms with Crippen LogP contribution in [0.5, 0.6) is 0 Å². The van der Waals surface area contributed by atoms with Gasteiger partial charge in [-0.3, -0.25) is 9.48 Å². The smallest absolute Gasteiger partial charge is 0.416 e. The topological polar surface area (TPSA) is 101 Å². The molecule has 0 radical (unpaired) electrons. The van der Waals surface area contributed by atoms with Crippen LogP contribution in [-0.2, 0) is 18.0 Å². The molecule has 0 spiro atoms. The highest BCUT2D eigenvalue weighted by Gasteiger charge is 2.31. The number of hydrogen-bond acceptors (Lipinski definition) is 6. The third-order valence-corrected chi connectivity index (χ3v) is 6.30. The number of nitrogens with zero attached hydrogens (tertiary/aromatic N) is 7. The van der Waals surface area contributed by atoms with Gasteiger partial charge in [0.2, 0.25) is 0 Å². The Bertz CT molecular complexity index is 1410. The molecule has 0 saturated carbocycles. The lowest BCUT2D eigenvalue weighted by Gasteiger charge is -2.18. The summed E-state index contributed by atoms with van der Waals surface area (Å²) in [5.41, 5.74) is 2.28. The molecule has 0 aliphatic carbocycles. The average Bonchev–Trinajstić information content (AvgIpc) is 3.50. The fourth-order valence-electron chi connectivity index (χ4n) is 4.69. The van der Waals surface area contributed by atoms with Crippen LogP contribution in [0.4, 0.5) is 19.0 Å². The Kier molecular flexibility index (Phi) is 5.45. The van der Waals surface area contributed by atoms with E-state index < -0.39 is 17.7 Å². The number of hydrogen-bond donors (Lipinski definition) is 1. The van der Waals surface area contributed by atoms with E-state index in [-0.39, 0.29) is 12.3 Å². The third-order valence-electron chi connectivity index (χ3n) is 6.30. The fraction of sp³-hybridized carbons (Fsp3) is 0.348. The summed E-state index contributed by atoms with van der Waals surface area (Å²) in [5, 5.41) is 17.9. The quantitative estimate of drug-likeness (QED) is 0.459. The zero-order valence-electron chi connectivity index (χ0n) is 19.0. The van der Waals surface area contributed by atoms with Crippen molar-refractivity contribution in [2.45, 2.75) is 25.9 Å². The van der Waals surface area contributed by atoms with Crippen molar-refractivity contribution in [2.24, 2.45) is 13.0 Å². The van der Waals surface area contributed by atoms with Crippen molar-refractivity contribution in [1.82, 2.24) is 29.4 Å². The molecular weight excluding hydrogens is 463 g/mol. The van der Waals surface area contributed by atoms with E-state index in [1.807, 2.05) is 4.90 Å². The Morgan fingerprint density at radius 2 is 1.94 bits per heavy atom. The molecule has 1 aliphatic heterocycles. The number of alkyl halides is 3. The summed E-state index contributed by atoms with van der Waals surface area (Å²) in [6.45, 7) is 2.99. The predicted octanol–water partition coefficient (Wildman–Crippen LogP) is 3.82. The van der Waals surface area contributed by atoms with Gasteiger partial charge in [-0.15, -0.1) is 0 Å². The van der Waals surface area contributed by atoms with Crippen LogP contribution in [0.1, 0.15) is 24.2 Å². The molecule has 1 aromatic carbocycles. The Hall–Kier alpha value is -3.96. The number of aryl methyl sites for hydroxylation is 2. The van der Waals surface area contributed by atoms with E-state index in [0.29, 0.717) is 52.8 Å². The van der Waals surface area contributed by atoms with Gasteiger partial charge in [0.1, 0.15) is 23.4 Å². The van der Waals surface area contributed by atoms with Crippen molar-refractivity contribution in [3.63, 3.8) is 0 Å². The van der Waals surface area contributed by atoms with Crippen LogP contribution >= 0.6 is 0 Å². The van der Waals surface area contributed by atoms with E-state index in [0.717, 1.165) is 18.6 Å². The van der Waals surface area contributed by atoms with Gasteiger partial charge in [-0.2, -0.15) is 23.4 Å². The van der Waals surface area contributed by atoms with Crippen molar-refractivity contribution < 1.29 is 23.1 Å². The van der Waals surface area contributed by atoms with Crippen LogP contribution < -0.4 is 4.90 Å². The van der Waals surface area contributed by atoms with E-state index in [4.69, 9.17) is 4.98 Å². The zero-order valence-corrected chi connectivity index (χ0v) is 19.0. The summed E-state index contributed by atoms with van der Waals surface area (Å²) < 4.78 is 42.5. The monoisotopic (exact) mass is 485 g/mol. The Labute approximate surface area is 197 Å². The number of halogens is 3. The lowest BCUT2D eigenvalue weighted by Crippen LogP contribution is -2.22. The normalized spacial score (nSPS) is 16.4. The number of carboxylic acid groups (broad SMARTS) is 1. The second-order valence-electron chi connectivity index (χ2n) is 8.66. The summed E-state index contributed by atoms with van der Waals surface area (Å²) >= 11 is 0. The highest BCUT2D eigenvalue weighted by Crippen LogP contribution is 2.38. The van der Waals surface area contributed by atoms with E-state index in [2.05, 4.69) is 15.2 Å². The van der Waals surface area contributed by atoms with Crippen molar-refractivity contribution >= 4 is 17.3 Å². The summed E-state index contributed by atoms with van der Waals surface area (Å²) in [5.74, 6) is 0.422. The minimum Gasteiger partial charge on any atom is -0.481 e. The van der Waals surface area contributed by atoms with Gasteiger partial charge in [0.15, 0.2) is 5.82 Å². The number of aliphatic carboxylic acids is 1. The number of carbonyl (C=O) groups is 1. The van der Waals surface area contributed by atoms with Crippen LogP contribution in [0.25, 0.3) is 28.0 Å². The summed E-state index contributed by atoms with van der Waals surface area (Å²) in [6, 6.07) is 4.93. The van der Waals surface area contributed by atoms with Gasteiger partial charge in [-0.25, -0.2) is 14.5 Å². The molecule has 182 valence electrons. The van der Waals surface area contributed by atoms with Gasteiger partial charge in [0.25, 0.3) is 0 Å². The first-order chi connectivity index (χ1) is 16.6. The number of aromatic nitrogens is 6. The van der Waals surface area contributed by atoms with Crippen LogP contribution in [0.2, 0.25) is 0 Å². The molecule has 12 heteroatoms. The van der Waals surface area contributed by atoms with Crippen molar-refractivity contribution in [2.75, 3.05) is 18.0 Å². The SMILES string of the molecule is Cc1nc(-c2cnn(C)c2-c2ccc(C(F)(F)F)cc2)c2c(N3CC[C@H](CC(=O)O)C3)ncnn12. The molecule has 0 bridgehead atoms. The molecule has 0 unspecified atom stereocenters. The molecule has 9 nitrogen and oxygen atoms in total. The first-order valence-electron chi connectivity index (χ1n) is 11.0. The van der Waals surface area contributed by atoms with Gasteiger partial charge >= 0.3 is 12.1 Å². The third kappa shape index (κ3) is 4.08. The van der Waals surface area contributed by atoms with E-state index in [1.165, 1.54) is 18.5 Å². The van der Waals surface area contributed by atoms with E-state index >= 15 is 0 Å². The highest BCUT2D eigenvalue weighted by molar-refractivity contribution is 5.92. The molecule has 4 heterocycles. The Balaban J connectivity index is 1.61. The molecule has 3 aromatic heterocycles. The molecule has 35 heavy (non-hydrogen) atoms. The van der Waals surface area contributed by atoms with Crippen LogP contribution in [0.15, 0.2) is 36.8 Å². The summed E-state index contributed by atoms with van der Waals surface area (Å²) in [7, 11) is 1.72. The molecule has 1 atom stereocenters. The molecule has 4 aromatic rings. The number of imidazole rings is 1. The van der Waals surface area contributed by atoms with Crippen LogP contribution in [0.3, 0.4) is 0 Å². The van der Waals surface area contributed by atoms with Gasteiger partial charge in [0.05, 0.1) is 17.5 Å². The molecule has 0 amide bonds. The van der Waals surface area contributed by atoms with Gasteiger partial charge < -0.3 is 10.0 Å². The summed E-state index contributed by atoms with van der Waals surface area (Å²) in [4.78, 5) is 22.4. The fourth-order valence-corrected chi connectivity index (χ4v) is 4.69. The maximum Gasteiger partial charge on any atom is 0.416 e. The van der Waals surface area contributed by atoms with Gasteiger partial charge in [-0.1, -0.05) is 12.1 Å². The number of rotatable bonds is 5. The molecule has 1 saturated heterocycles. The Morgan fingerprint density at radius 3 is 2.63 bits per heavy atom. The lowest BCUT2D eigenvalue weighted by molar-refractivity contribution is -0.138. The van der Waals surface area contributed by atoms with Crippen LogP contribution in [0, 0.1) is 12.8 Å². The minimum atomic E-state index is -4.43. The van der Waals surface area contributed by atoms with Gasteiger partial charge in [-0.05, 0) is 31.4 Å². The molecule has 1 aliphatic rings. The second kappa shape index (κ2) is 8.36. The number of carboxylic acids is 1. The molecule has 1 N–H and O–H groups in total.